The van der Waals surface area contributed by atoms with Gasteiger partial charge in [-0.3, -0.25) is 4.57 Å². The van der Waals surface area contributed by atoms with E-state index in [0.29, 0.717) is 17.1 Å². The molecule has 1 aromatic heterocycles. The van der Waals surface area contributed by atoms with E-state index in [4.69, 9.17) is 23.8 Å². The van der Waals surface area contributed by atoms with Gasteiger partial charge in [0.25, 0.3) is 0 Å². The molecular formula is C11H11ClN2OS. The fourth-order valence-corrected chi connectivity index (χ4v) is 2.23. The summed E-state index contributed by atoms with van der Waals surface area (Å²) in [6, 6.07) is 5.68. The Morgan fingerprint density at radius 3 is 2.88 bits per heavy atom. The molecule has 16 heavy (non-hydrogen) atoms. The molecule has 0 aliphatic carbocycles. The number of H-pyrrole nitrogens is 1. The predicted molar refractivity (Wildman–Crippen MR) is 68.6 cm³/mol. The van der Waals surface area contributed by atoms with Crippen LogP contribution in [0, 0.1) is 4.64 Å². The van der Waals surface area contributed by atoms with Crippen LogP contribution in [0.1, 0.15) is 12.5 Å². The number of benzene rings is 1. The largest absolute Gasteiger partial charge is 0.326 e. The molecule has 0 unspecified atom stereocenters. The summed E-state index contributed by atoms with van der Waals surface area (Å²) >= 11 is 11.0. The van der Waals surface area contributed by atoms with Crippen molar-refractivity contribution >= 4 is 34.7 Å². The summed E-state index contributed by atoms with van der Waals surface area (Å²) < 4.78 is 2.11. The summed E-state index contributed by atoms with van der Waals surface area (Å²) in [5, 5.41) is 0.880. The third-order valence-corrected chi connectivity index (χ3v) is 3.27. The number of rotatable bonds is 2. The van der Waals surface area contributed by atoms with Gasteiger partial charge in [0.2, 0.25) is 0 Å². The Morgan fingerprint density at radius 1 is 1.50 bits per heavy atom. The van der Waals surface area contributed by atoms with E-state index in [1.54, 1.807) is 0 Å². The average molecular weight is 255 g/mol. The lowest BCUT2D eigenvalue weighted by Crippen LogP contribution is -2.22. The molecular weight excluding hydrogens is 244 g/mol. The first kappa shape index (κ1) is 11.4. The Kier molecular flexibility index (Phi) is 3.12. The van der Waals surface area contributed by atoms with Gasteiger partial charge >= 0.3 is 5.69 Å². The van der Waals surface area contributed by atoms with E-state index in [1.165, 1.54) is 4.57 Å². The predicted octanol–water partition coefficient (Wildman–Crippen LogP) is 2.82. The first-order chi connectivity index (χ1) is 7.67. The van der Waals surface area contributed by atoms with Gasteiger partial charge in [-0.1, -0.05) is 18.3 Å². The van der Waals surface area contributed by atoms with Crippen molar-refractivity contribution in [1.29, 1.82) is 0 Å². The van der Waals surface area contributed by atoms with Crippen LogP contribution in [0.15, 0.2) is 23.0 Å². The molecule has 5 heteroatoms. The van der Waals surface area contributed by atoms with Gasteiger partial charge in [-0.25, -0.2) is 4.79 Å². The molecule has 0 spiro atoms. The fourth-order valence-electron chi connectivity index (χ4n) is 1.67. The molecule has 0 radical (unpaired) electrons. The van der Waals surface area contributed by atoms with Gasteiger partial charge in [0, 0.05) is 17.8 Å². The summed E-state index contributed by atoms with van der Waals surface area (Å²) in [4.78, 5) is 14.5. The van der Waals surface area contributed by atoms with Crippen LogP contribution in [0.5, 0.6) is 0 Å². The van der Waals surface area contributed by atoms with Crippen molar-refractivity contribution < 1.29 is 0 Å². The van der Waals surface area contributed by atoms with Crippen LogP contribution in [0.25, 0.3) is 10.9 Å². The minimum atomic E-state index is -0.174. The number of nitrogens with zero attached hydrogens (tertiary/aromatic N) is 1. The lowest BCUT2D eigenvalue weighted by atomic mass is 10.2. The minimum Gasteiger partial charge on any atom is -0.307 e. The Hall–Kier alpha value is -1.13. The molecule has 0 aliphatic rings. The van der Waals surface area contributed by atoms with Crippen LogP contribution in [0.3, 0.4) is 0 Å². The van der Waals surface area contributed by atoms with Gasteiger partial charge in [-0.2, -0.15) is 0 Å². The molecule has 1 aromatic carbocycles. The normalized spacial score (nSPS) is 10.9. The monoisotopic (exact) mass is 254 g/mol. The smallest absolute Gasteiger partial charge is 0.307 e. The van der Waals surface area contributed by atoms with Crippen LogP contribution in [0.2, 0.25) is 0 Å². The molecule has 0 atom stereocenters. The molecule has 0 aliphatic heterocycles. The lowest BCUT2D eigenvalue weighted by molar-refractivity contribution is 0.699. The molecule has 84 valence electrons. The Labute approximate surface area is 103 Å². The van der Waals surface area contributed by atoms with Crippen LogP contribution >= 0.6 is 23.8 Å². The summed E-state index contributed by atoms with van der Waals surface area (Å²) in [6.07, 6.45) is 0. The van der Waals surface area contributed by atoms with E-state index >= 15 is 0 Å². The number of hydrogen-bond acceptors (Lipinski definition) is 2. The van der Waals surface area contributed by atoms with Gasteiger partial charge in [-0.05, 0) is 24.6 Å². The van der Waals surface area contributed by atoms with Crippen molar-refractivity contribution in [2.24, 2.45) is 0 Å². The Morgan fingerprint density at radius 2 is 2.25 bits per heavy atom. The van der Waals surface area contributed by atoms with Crippen molar-refractivity contribution in [3.05, 3.63) is 38.9 Å². The third-order valence-electron chi connectivity index (χ3n) is 2.52. The maximum absolute atomic E-state index is 11.7. The van der Waals surface area contributed by atoms with Crippen LogP contribution in [-0.2, 0) is 12.4 Å². The summed E-state index contributed by atoms with van der Waals surface area (Å²) in [6.45, 7) is 2.46. The molecule has 1 heterocycles. The molecule has 0 saturated heterocycles. The summed E-state index contributed by atoms with van der Waals surface area (Å²) in [5.74, 6) is 0.424. The minimum absolute atomic E-state index is 0.174. The van der Waals surface area contributed by atoms with Gasteiger partial charge in [0.15, 0.2) is 0 Å². The number of aromatic nitrogens is 2. The van der Waals surface area contributed by atoms with Crippen LogP contribution < -0.4 is 5.69 Å². The number of aromatic amines is 1. The number of alkyl halides is 1. The van der Waals surface area contributed by atoms with Crippen molar-refractivity contribution in [3.8, 4) is 0 Å². The SMILES string of the molecule is CCn1c(=O)[nH]c2cc(CCl)ccc2c1=S. The summed E-state index contributed by atoms with van der Waals surface area (Å²) in [5.41, 5.74) is 1.54. The highest BCUT2D eigenvalue weighted by Gasteiger charge is 2.03. The van der Waals surface area contributed by atoms with Gasteiger partial charge in [-0.15, -0.1) is 11.6 Å². The topological polar surface area (TPSA) is 37.8 Å². The van der Waals surface area contributed by atoms with Crippen LogP contribution in [-0.4, -0.2) is 9.55 Å². The molecule has 0 amide bonds. The van der Waals surface area contributed by atoms with Crippen molar-refractivity contribution in [2.45, 2.75) is 19.3 Å². The van der Waals surface area contributed by atoms with E-state index < -0.39 is 0 Å². The first-order valence-corrected chi connectivity index (χ1v) is 5.93. The third kappa shape index (κ3) is 1.79. The van der Waals surface area contributed by atoms with Crippen LogP contribution in [0.4, 0.5) is 0 Å². The fraction of sp³-hybridized carbons (Fsp3) is 0.273. The van der Waals surface area contributed by atoms with E-state index in [-0.39, 0.29) is 5.69 Å². The quantitative estimate of drug-likeness (QED) is 0.661. The zero-order valence-electron chi connectivity index (χ0n) is 8.79. The maximum Gasteiger partial charge on any atom is 0.326 e. The molecule has 0 bridgehead atoms. The zero-order valence-corrected chi connectivity index (χ0v) is 10.4. The maximum atomic E-state index is 11.7. The molecule has 3 nitrogen and oxygen atoms in total. The highest BCUT2D eigenvalue weighted by molar-refractivity contribution is 7.71. The van der Waals surface area contributed by atoms with Crippen molar-refractivity contribution in [1.82, 2.24) is 9.55 Å². The van der Waals surface area contributed by atoms with Crippen molar-refractivity contribution in [3.63, 3.8) is 0 Å². The summed E-state index contributed by atoms with van der Waals surface area (Å²) in [7, 11) is 0. The second-order valence-corrected chi connectivity index (χ2v) is 4.15. The van der Waals surface area contributed by atoms with Crippen molar-refractivity contribution in [2.75, 3.05) is 0 Å². The number of fused-ring (bicyclic) bond motifs is 1. The molecule has 1 N–H and O–H groups in total. The average Bonchev–Trinajstić information content (AvgIpc) is 2.28. The van der Waals surface area contributed by atoms with E-state index in [2.05, 4.69) is 4.98 Å². The van der Waals surface area contributed by atoms with E-state index in [9.17, 15) is 4.79 Å². The number of halogens is 1. The highest BCUT2D eigenvalue weighted by atomic mass is 35.5. The van der Waals surface area contributed by atoms with E-state index in [0.717, 1.165) is 16.5 Å². The van der Waals surface area contributed by atoms with Gasteiger partial charge in [0.1, 0.15) is 4.64 Å². The number of hydrogen-bond donors (Lipinski definition) is 1. The number of nitrogens with one attached hydrogen (secondary N) is 1. The van der Waals surface area contributed by atoms with E-state index in [1.807, 2.05) is 25.1 Å². The van der Waals surface area contributed by atoms with Gasteiger partial charge < -0.3 is 4.98 Å². The standard InChI is InChI=1S/C11H11ClN2OS/c1-2-14-10(16)8-4-3-7(6-12)5-9(8)13-11(14)15/h3-5H,2,6H2,1H3,(H,13,15). The lowest BCUT2D eigenvalue weighted by Gasteiger charge is -2.06. The van der Waals surface area contributed by atoms with Gasteiger partial charge in [0.05, 0.1) is 5.52 Å². The second kappa shape index (κ2) is 4.39. The first-order valence-electron chi connectivity index (χ1n) is 4.99. The second-order valence-electron chi connectivity index (χ2n) is 3.49. The Bertz CT molecular complexity index is 644. The highest BCUT2D eigenvalue weighted by Crippen LogP contribution is 2.15. The Balaban J connectivity index is 2.87. The molecule has 2 aromatic rings. The molecule has 0 saturated carbocycles. The zero-order chi connectivity index (χ0) is 11.7. The molecule has 2 rings (SSSR count). The molecule has 0 fully saturated rings.